The largest absolute Gasteiger partial charge is 0.452 e. The SMILES string of the molecule is CC(=O)O[C@@H](CC(=O)Nc1ccccc1)C(F)(F)F. The van der Waals surface area contributed by atoms with Gasteiger partial charge in [-0.15, -0.1) is 0 Å². The van der Waals surface area contributed by atoms with Gasteiger partial charge in [0.25, 0.3) is 0 Å². The van der Waals surface area contributed by atoms with Crippen LogP contribution in [0.15, 0.2) is 30.3 Å². The number of alkyl halides is 3. The fourth-order valence-electron chi connectivity index (χ4n) is 1.33. The van der Waals surface area contributed by atoms with Gasteiger partial charge in [0.1, 0.15) is 0 Å². The summed E-state index contributed by atoms with van der Waals surface area (Å²) in [6.45, 7) is 0.855. The zero-order valence-corrected chi connectivity index (χ0v) is 10.0. The summed E-state index contributed by atoms with van der Waals surface area (Å²) in [6.07, 6.45) is -8.19. The normalized spacial score (nSPS) is 12.6. The minimum Gasteiger partial charge on any atom is -0.452 e. The summed E-state index contributed by atoms with van der Waals surface area (Å²) in [5, 5.41) is 2.29. The van der Waals surface area contributed by atoms with Crippen molar-refractivity contribution in [3.63, 3.8) is 0 Å². The van der Waals surface area contributed by atoms with Gasteiger partial charge in [0.15, 0.2) is 0 Å². The fraction of sp³-hybridized carbons (Fsp3) is 0.333. The molecule has 0 fully saturated rings. The maximum absolute atomic E-state index is 12.5. The molecule has 7 heteroatoms. The Morgan fingerprint density at radius 3 is 2.32 bits per heavy atom. The Morgan fingerprint density at radius 2 is 1.84 bits per heavy atom. The number of amides is 1. The van der Waals surface area contributed by atoms with Crippen molar-refractivity contribution in [3.8, 4) is 0 Å². The number of esters is 1. The molecule has 0 saturated carbocycles. The minimum atomic E-state index is -4.78. The fourth-order valence-corrected chi connectivity index (χ4v) is 1.33. The van der Waals surface area contributed by atoms with Gasteiger partial charge in [0.05, 0.1) is 6.42 Å². The van der Waals surface area contributed by atoms with Crippen LogP contribution in [0.5, 0.6) is 0 Å². The maximum Gasteiger partial charge on any atom is 0.426 e. The molecule has 0 aliphatic heterocycles. The van der Waals surface area contributed by atoms with E-state index in [0.717, 1.165) is 6.92 Å². The first-order valence-electron chi connectivity index (χ1n) is 5.38. The summed E-state index contributed by atoms with van der Waals surface area (Å²) < 4.78 is 41.7. The highest BCUT2D eigenvalue weighted by Crippen LogP contribution is 2.25. The molecular formula is C12H12F3NO3. The second kappa shape index (κ2) is 6.21. The number of nitrogens with one attached hydrogen (secondary N) is 1. The lowest BCUT2D eigenvalue weighted by Crippen LogP contribution is -2.36. The van der Waals surface area contributed by atoms with Gasteiger partial charge in [-0.05, 0) is 12.1 Å². The first-order valence-corrected chi connectivity index (χ1v) is 5.38. The number of hydrogen-bond donors (Lipinski definition) is 1. The van der Waals surface area contributed by atoms with E-state index in [2.05, 4.69) is 10.1 Å². The lowest BCUT2D eigenvalue weighted by molar-refractivity contribution is -0.220. The summed E-state index contributed by atoms with van der Waals surface area (Å²) in [4.78, 5) is 22.0. The van der Waals surface area contributed by atoms with Gasteiger partial charge in [0.2, 0.25) is 12.0 Å². The van der Waals surface area contributed by atoms with Crippen molar-refractivity contribution in [1.82, 2.24) is 0 Å². The third-order valence-corrected chi connectivity index (χ3v) is 2.10. The predicted octanol–water partition coefficient (Wildman–Crippen LogP) is 2.51. The van der Waals surface area contributed by atoms with Gasteiger partial charge in [0, 0.05) is 12.6 Å². The first kappa shape index (κ1) is 15.0. The molecule has 4 nitrogen and oxygen atoms in total. The van der Waals surface area contributed by atoms with Gasteiger partial charge in [-0.1, -0.05) is 18.2 Å². The number of halogens is 3. The number of ether oxygens (including phenoxy) is 1. The number of carbonyl (C=O) groups excluding carboxylic acids is 2. The van der Waals surface area contributed by atoms with Gasteiger partial charge < -0.3 is 10.1 Å². The van der Waals surface area contributed by atoms with E-state index >= 15 is 0 Å². The van der Waals surface area contributed by atoms with Gasteiger partial charge in [-0.3, -0.25) is 9.59 Å². The Kier molecular flexibility index (Phi) is 4.91. The topological polar surface area (TPSA) is 55.4 Å². The van der Waals surface area contributed by atoms with Gasteiger partial charge in [-0.2, -0.15) is 13.2 Å². The second-order valence-corrected chi connectivity index (χ2v) is 3.76. The molecular weight excluding hydrogens is 263 g/mol. The number of para-hydroxylation sites is 1. The summed E-state index contributed by atoms with van der Waals surface area (Å²) in [7, 11) is 0. The molecule has 0 unspecified atom stereocenters. The average Bonchev–Trinajstić information content (AvgIpc) is 2.27. The quantitative estimate of drug-likeness (QED) is 0.859. The van der Waals surface area contributed by atoms with Crippen molar-refractivity contribution in [1.29, 1.82) is 0 Å². The Balaban J connectivity index is 2.64. The highest BCUT2D eigenvalue weighted by Gasteiger charge is 2.43. The van der Waals surface area contributed by atoms with E-state index in [1.54, 1.807) is 18.2 Å². The van der Waals surface area contributed by atoms with Gasteiger partial charge in [-0.25, -0.2) is 0 Å². The third kappa shape index (κ3) is 5.41. The van der Waals surface area contributed by atoms with Crippen LogP contribution in [0.1, 0.15) is 13.3 Å². The number of benzene rings is 1. The van der Waals surface area contributed by atoms with Crippen LogP contribution in [0.3, 0.4) is 0 Å². The van der Waals surface area contributed by atoms with Crippen LogP contribution in [0.4, 0.5) is 18.9 Å². The molecule has 1 N–H and O–H groups in total. The molecule has 19 heavy (non-hydrogen) atoms. The molecule has 1 atom stereocenters. The lowest BCUT2D eigenvalue weighted by atomic mass is 10.2. The van der Waals surface area contributed by atoms with Crippen LogP contribution in [-0.2, 0) is 14.3 Å². The smallest absolute Gasteiger partial charge is 0.426 e. The van der Waals surface area contributed by atoms with Crippen LogP contribution < -0.4 is 5.32 Å². The van der Waals surface area contributed by atoms with Crippen molar-refractivity contribution in [3.05, 3.63) is 30.3 Å². The average molecular weight is 275 g/mol. The summed E-state index contributed by atoms with van der Waals surface area (Å²) >= 11 is 0. The van der Waals surface area contributed by atoms with E-state index in [1.165, 1.54) is 12.1 Å². The van der Waals surface area contributed by atoms with Crippen molar-refractivity contribution in [2.24, 2.45) is 0 Å². The highest BCUT2D eigenvalue weighted by molar-refractivity contribution is 5.91. The van der Waals surface area contributed by atoms with E-state index in [0.29, 0.717) is 5.69 Å². The van der Waals surface area contributed by atoms with E-state index in [1.807, 2.05) is 0 Å². The monoisotopic (exact) mass is 275 g/mol. The predicted molar refractivity (Wildman–Crippen MR) is 61.3 cm³/mol. The van der Waals surface area contributed by atoms with Crippen LogP contribution in [0.2, 0.25) is 0 Å². The van der Waals surface area contributed by atoms with Crippen molar-refractivity contribution >= 4 is 17.6 Å². The molecule has 0 radical (unpaired) electrons. The zero-order chi connectivity index (χ0) is 14.5. The summed E-state index contributed by atoms with van der Waals surface area (Å²) in [5.74, 6) is -1.97. The Bertz CT molecular complexity index is 445. The molecule has 1 rings (SSSR count). The van der Waals surface area contributed by atoms with Crippen LogP contribution in [-0.4, -0.2) is 24.2 Å². The number of rotatable bonds is 4. The molecule has 1 aromatic carbocycles. The van der Waals surface area contributed by atoms with E-state index in [-0.39, 0.29) is 0 Å². The molecule has 0 heterocycles. The number of carbonyl (C=O) groups is 2. The number of anilines is 1. The second-order valence-electron chi connectivity index (χ2n) is 3.76. The van der Waals surface area contributed by atoms with Crippen molar-refractivity contribution in [2.45, 2.75) is 25.6 Å². The molecule has 104 valence electrons. The molecule has 0 aliphatic carbocycles. The van der Waals surface area contributed by atoms with Gasteiger partial charge >= 0.3 is 12.1 Å². The molecule has 0 saturated heterocycles. The maximum atomic E-state index is 12.5. The Morgan fingerprint density at radius 1 is 1.26 bits per heavy atom. The molecule has 0 aliphatic rings. The Labute approximate surface area is 107 Å². The highest BCUT2D eigenvalue weighted by atomic mass is 19.4. The van der Waals surface area contributed by atoms with Crippen LogP contribution in [0, 0.1) is 0 Å². The van der Waals surface area contributed by atoms with Crippen LogP contribution in [0.25, 0.3) is 0 Å². The Hall–Kier alpha value is -2.05. The van der Waals surface area contributed by atoms with Crippen molar-refractivity contribution in [2.75, 3.05) is 5.32 Å². The summed E-state index contributed by atoms with van der Waals surface area (Å²) in [5.41, 5.74) is 0.372. The van der Waals surface area contributed by atoms with Crippen LogP contribution >= 0.6 is 0 Å². The first-order chi connectivity index (χ1) is 8.79. The minimum absolute atomic E-state index is 0.372. The molecule has 1 aromatic rings. The molecule has 0 bridgehead atoms. The molecule has 0 aromatic heterocycles. The molecule has 1 amide bonds. The number of hydrogen-bond acceptors (Lipinski definition) is 3. The van der Waals surface area contributed by atoms with E-state index in [9.17, 15) is 22.8 Å². The van der Waals surface area contributed by atoms with Crippen molar-refractivity contribution < 1.29 is 27.5 Å². The summed E-state index contributed by atoms with van der Waals surface area (Å²) in [6, 6.07) is 8.03. The van der Waals surface area contributed by atoms with E-state index in [4.69, 9.17) is 0 Å². The lowest BCUT2D eigenvalue weighted by Gasteiger charge is -2.19. The zero-order valence-electron chi connectivity index (χ0n) is 10.0. The molecule has 0 spiro atoms. The van der Waals surface area contributed by atoms with E-state index < -0.39 is 30.6 Å². The standard InChI is InChI=1S/C12H12F3NO3/c1-8(17)19-10(12(13,14)15)7-11(18)16-9-5-3-2-4-6-9/h2-6,10H,7H2,1H3,(H,16,18)/t10-/m0/s1. The third-order valence-electron chi connectivity index (χ3n) is 2.10.